The highest BCUT2D eigenvalue weighted by molar-refractivity contribution is 5.56. The highest BCUT2D eigenvalue weighted by atomic mass is 16.5. The molecule has 1 aliphatic rings. The first-order chi connectivity index (χ1) is 8.24. The topological polar surface area (TPSA) is 58.7 Å². The number of aliphatic hydroxyl groups excluding tert-OH is 1. The molecule has 17 heavy (non-hydrogen) atoms. The van der Waals surface area contributed by atoms with Gasteiger partial charge in [-0.3, -0.25) is 0 Å². The van der Waals surface area contributed by atoms with Crippen LogP contribution < -0.4 is 10.6 Å². The lowest BCUT2D eigenvalue weighted by atomic mass is 10.0. The van der Waals surface area contributed by atoms with Gasteiger partial charge >= 0.3 is 0 Å². The van der Waals surface area contributed by atoms with Crippen molar-refractivity contribution in [3.8, 4) is 0 Å². The molecular formula is C13H20N2O2. The maximum Gasteiger partial charge on any atom is 0.0755 e. The summed E-state index contributed by atoms with van der Waals surface area (Å²) >= 11 is 0. The van der Waals surface area contributed by atoms with Gasteiger partial charge in [0.05, 0.1) is 25.9 Å². The van der Waals surface area contributed by atoms with Gasteiger partial charge < -0.3 is 20.5 Å². The summed E-state index contributed by atoms with van der Waals surface area (Å²) in [6, 6.07) is 8.13. The maximum atomic E-state index is 9.40. The monoisotopic (exact) mass is 236 g/mol. The van der Waals surface area contributed by atoms with Crippen LogP contribution in [0.1, 0.15) is 18.5 Å². The van der Waals surface area contributed by atoms with Gasteiger partial charge in [0.1, 0.15) is 0 Å². The molecule has 1 aromatic rings. The molecule has 2 unspecified atom stereocenters. The van der Waals surface area contributed by atoms with Crippen LogP contribution in [0.3, 0.4) is 0 Å². The second-order valence-corrected chi connectivity index (χ2v) is 4.45. The quantitative estimate of drug-likeness (QED) is 0.819. The van der Waals surface area contributed by atoms with Crippen molar-refractivity contribution in [1.29, 1.82) is 0 Å². The molecule has 2 atom stereocenters. The number of hydrogen-bond donors (Lipinski definition) is 2. The molecule has 0 spiro atoms. The zero-order chi connectivity index (χ0) is 12.3. The normalized spacial score (nSPS) is 22.5. The number of rotatable bonds is 3. The molecule has 4 heteroatoms. The number of nitrogens with zero attached hydrogens (tertiary/aromatic N) is 1. The van der Waals surface area contributed by atoms with E-state index in [1.165, 1.54) is 0 Å². The van der Waals surface area contributed by atoms with Gasteiger partial charge in [0.2, 0.25) is 0 Å². The van der Waals surface area contributed by atoms with E-state index in [1.54, 1.807) is 0 Å². The molecule has 0 radical (unpaired) electrons. The van der Waals surface area contributed by atoms with E-state index < -0.39 is 0 Å². The van der Waals surface area contributed by atoms with Gasteiger partial charge in [-0.15, -0.1) is 0 Å². The van der Waals surface area contributed by atoms with E-state index >= 15 is 0 Å². The van der Waals surface area contributed by atoms with Crippen molar-refractivity contribution in [2.75, 3.05) is 31.3 Å². The van der Waals surface area contributed by atoms with Crippen LogP contribution in [0.15, 0.2) is 24.3 Å². The molecule has 4 nitrogen and oxygen atoms in total. The first-order valence-electron chi connectivity index (χ1n) is 6.03. The molecule has 1 heterocycles. The third kappa shape index (κ3) is 2.60. The molecule has 0 amide bonds. The summed E-state index contributed by atoms with van der Waals surface area (Å²) in [7, 11) is 0. The summed E-state index contributed by atoms with van der Waals surface area (Å²) in [6.07, 6.45) is 0. The van der Waals surface area contributed by atoms with E-state index in [9.17, 15) is 5.11 Å². The fraction of sp³-hybridized carbons (Fsp3) is 0.538. The van der Waals surface area contributed by atoms with Gasteiger partial charge in [-0.1, -0.05) is 18.2 Å². The van der Waals surface area contributed by atoms with Crippen molar-refractivity contribution in [3.63, 3.8) is 0 Å². The van der Waals surface area contributed by atoms with Crippen molar-refractivity contribution >= 4 is 5.69 Å². The van der Waals surface area contributed by atoms with Crippen LogP contribution in [-0.2, 0) is 4.74 Å². The summed E-state index contributed by atoms with van der Waals surface area (Å²) in [6.45, 7) is 4.16. The van der Waals surface area contributed by atoms with E-state index in [0.717, 1.165) is 17.8 Å². The number of ether oxygens (including phenoxy) is 1. The van der Waals surface area contributed by atoms with Crippen molar-refractivity contribution in [1.82, 2.24) is 0 Å². The molecule has 94 valence electrons. The van der Waals surface area contributed by atoms with E-state index in [4.69, 9.17) is 10.5 Å². The van der Waals surface area contributed by atoms with Crippen LogP contribution >= 0.6 is 0 Å². The number of anilines is 1. The number of nitrogens with two attached hydrogens (primary N) is 1. The van der Waals surface area contributed by atoms with Gasteiger partial charge in [-0.2, -0.15) is 0 Å². The molecule has 3 N–H and O–H groups in total. The Kier molecular flexibility index (Phi) is 3.99. The molecule has 1 aliphatic heterocycles. The average Bonchev–Trinajstić information content (AvgIpc) is 2.38. The zero-order valence-corrected chi connectivity index (χ0v) is 10.2. The molecule has 0 aromatic heterocycles. The number of aliphatic hydroxyl groups is 1. The zero-order valence-electron chi connectivity index (χ0n) is 10.2. The van der Waals surface area contributed by atoms with Crippen LogP contribution in [0.4, 0.5) is 5.69 Å². The minimum atomic E-state index is -0.00612. The van der Waals surface area contributed by atoms with E-state index in [0.29, 0.717) is 13.2 Å². The number of benzene rings is 1. The van der Waals surface area contributed by atoms with Gasteiger partial charge in [0, 0.05) is 18.3 Å². The highest BCUT2D eigenvalue weighted by Crippen LogP contribution is 2.27. The van der Waals surface area contributed by atoms with Crippen molar-refractivity contribution in [2.24, 2.45) is 5.73 Å². The van der Waals surface area contributed by atoms with Crippen molar-refractivity contribution in [3.05, 3.63) is 29.8 Å². The number of hydrogen-bond acceptors (Lipinski definition) is 4. The summed E-state index contributed by atoms with van der Waals surface area (Å²) in [5.41, 5.74) is 8.22. The molecule has 1 aromatic carbocycles. The lowest BCUT2D eigenvalue weighted by Crippen LogP contribution is -2.48. The van der Waals surface area contributed by atoms with Gasteiger partial charge in [0.15, 0.2) is 0 Å². The fourth-order valence-electron chi connectivity index (χ4n) is 2.26. The minimum absolute atomic E-state index is 0.00612. The molecule has 1 saturated heterocycles. The second kappa shape index (κ2) is 5.49. The summed E-state index contributed by atoms with van der Waals surface area (Å²) in [5.74, 6) is 0. The van der Waals surface area contributed by atoms with Gasteiger partial charge in [0.25, 0.3) is 0 Å². The Balaban J connectivity index is 2.31. The van der Waals surface area contributed by atoms with Crippen molar-refractivity contribution in [2.45, 2.75) is 19.0 Å². The van der Waals surface area contributed by atoms with Crippen LogP contribution in [0.2, 0.25) is 0 Å². The predicted molar refractivity (Wildman–Crippen MR) is 68.1 cm³/mol. The summed E-state index contributed by atoms with van der Waals surface area (Å²) < 4.78 is 5.39. The molecule has 0 saturated carbocycles. The molecular weight excluding hydrogens is 216 g/mol. The largest absolute Gasteiger partial charge is 0.394 e. The van der Waals surface area contributed by atoms with Crippen LogP contribution in [-0.4, -0.2) is 37.5 Å². The van der Waals surface area contributed by atoms with E-state index in [1.807, 2.05) is 25.1 Å². The smallest absolute Gasteiger partial charge is 0.0755 e. The standard InChI is InChI=1S/C13H20N2O2/c1-10(14)12-4-2-3-5-13(12)15-6-7-17-9-11(15)8-16/h2-5,10-11,16H,6-9,14H2,1H3. The Morgan fingerprint density at radius 2 is 2.29 bits per heavy atom. The first-order valence-corrected chi connectivity index (χ1v) is 6.03. The molecule has 0 aliphatic carbocycles. The molecule has 1 fully saturated rings. The Labute approximate surface area is 102 Å². The highest BCUT2D eigenvalue weighted by Gasteiger charge is 2.24. The SMILES string of the molecule is CC(N)c1ccccc1N1CCOCC1CO. The third-order valence-electron chi connectivity index (χ3n) is 3.18. The molecule has 0 bridgehead atoms. The summed E-state index contributed by atoms with van der Waals surface area (Å²) in [4.78, 5) is 2.20. The lowest BCUT2D eigenvalue weighted by molar-refractivity contribution is 0.0726. The Bertz CT molecular complexity index is 368. The fourth-order valence-corrected chi connectivity index (χ4v) is 2.26. The Morgan fingerprint density at radius 3 is 3.00 bits per heavy atom. The molecule has 2 rings (SSSR count). The second-order valence-electron chi connectivity index (χ2n) is 4.45. The Morgan fingerprint density at radius 1 is 1.53 bits per heavy atom. The van der Waals surface area contributed by atoms with E-state index in [2.05, 4.69) is 11.0 Å². The first kappa shape index (κ1) is 12.4. The van der Waals surface area contributed by atoms with E-state index in [-0.39, 0.29) is 18.7 Å². The Hall–Kier alpha value is -1.10. The van der Waals surface area contributed by atoms with Gasteiger partial charge in [-0.25, -0.2) is 0 Å². The lowest BCUT2D eigenvalue weighted by Gasteiger charge is -2.37. The van der Waals surface area contributed by atoms with Crippen LogP contribution in [0.5, 0.6) is 0 Å². The maximum absolute atomic E-state index is 9.40. The van der Waals surface area contributed by atoms with Gasteiger partial charge in [-0.05, 0) is 18.6 Å². The summed E-state index contributed by atoms with van der Waals surface area (Å²) in [5, 5.41) is 9.40. The number of para-hydroxylation sites is 1. The predicted octanol–water partition coefficient (Wildman–Crippen LogP) is 0.904. The van der Waals surface area contributed by atoms with Crippen LogP contribution in [0.25, 0.3) is 0 Å². The van der Waals surface area contributed by atoms with Crippen LogP contribution in [0, 0.1) is 0 Å². The average molecular weight is 236 g/mol. The minimum Gasteiger partial charge on any atom is -0.394 e. The van der Waals surface area contributed by atoms with Crippen molar-refractivity contribution < 1.29 is 9.84 Å². The number of morpholine rings is 1. The third-order valence-corrected chi connectivity index (χ3v) is 3.18.